The highest BCUT2D eigenvalue weighted by molar-refractivity contribution is 5.09. The first-order valence-corrected chi connectivity index (χ1v) is 10.2. The van der Waals surface area contributed by atoms with Crippen molar-refractivity contribution in [2.75, 3.05) is 19.6 Å². The normalized spacial score (nSPS) is 24.2. The molecule has 0 saturated carbocycles. The van der Waals surface area contributed by atoms with Crippen LogP contribution in [0.25, 0.3) is 0 Å². The summed E-state index contributed by atoms with van der Waals surface area (Å²) >= 11 is 0. The zero-order chi connectivity index (χ0) is 17.9. The van der Waals surface area contributed by atoms with E-state index in [0.29, 0.717) is 6.04 Å². The van der Waals surface area contributed by atoms with Crippen LogP contribution in [0.15, 0.2) is 12.5 Å². The molecule has 2 aromatic heterocycles. The van der Waals surface area contributed by atoms with Gasteiger partial charge in [0, 0.05) is 62.8 Å². The number of aromatic nitrogens is 4. The molecule has 0 spiro atoms. The van der Waals surface area contributed by atoms with Crippen molar-refractivity contribution in [1.82, 2.24) is 29.7 Å². The van der Waals surface area contributed by atoms with Crippen LogP contribution in [0.3, 0.4) is 0 Å². The molecule has 3 fully saturated rings. The fourth-order valence-corrected chi connectivity index (χ4v) is 4.53. The molecule has 2 aromatic rings. The van der Waals surface area contributed by atoms with Gasteiger partial charge in [-0.25, -0.2) is 9.97 Å². The van der Waals surface area contributed by atoms with Gasteiger partial charge in [0.1, 0.15) is 5.82 Å². The number of piperidine rings is 1. The van der Waals surface area contributed by atoms with Gasteiger partial charge in [0.25, 0.3) is 0 Å². The van der Waals surface area contributed by atoms with Crippen LogP contribution >= 0.6 is 0 Å². The van der Waals surface area contributed by atoms with Gasteiger partial charge in [0.2, 0.25) is 0 Å². The molecule has 0 aromatic carbocycles. The molecular weight excluding hydrogens is 324 g/mol. The number of H-pyrrole nitrogens is 2. The molecule has 0 unspecified atom stereocenters. The molecule has 3 aliphatic rings. The highest BCUT2D eigenvalue weighted by atomic mass is 15.3. The summed E-state index contributed by atoms with van der Waals surface area (Å²) in [7, 11) is 0. The Kier molecular flexibility index (Phi) is 5.41. The van der Waals surface area contributed by atoms with Crippen molar-refractivity contribution in [1.29, 1.82) is 0 Å². The summed E-state index contributed by atoms with van der Waals surface area (Å²) in [6, 6.07) is 0.649. The minimum atomic E-state index is 0.649. The van der Waals surface area contributed by atoms with E-state index in [-0.39, 0.29) is 0 Å². The second kappa shape index (κ2) is 7.92. The van der Waals surface area contributed by atoms with E-state index < -0.39 is 0 Å². The molecule has 2 N–H and O–H groups in total. The third-order valence-electron chi connectivity index (χ3n) is 6.03. The highest BCUT2D eigenvalue weighted by Gasteiger charge is 2.35. The zero-order valence-electron chi connectivity index (χ0n) is 16.2. The van der Waals surface area contributed by atoms with Crippen molar-refractivity contribution in [3.05, 3.63) is 35.4 Å². The molecule has 5 rings (SSSR count). The van der Waals surface area contributed by atoms with Crippen LogP contribution in [0.2, 0.25) is 0 Å². The number of aromatic amines is 2. The first-order chi connectivity index (χ1) is 12.7. The fraction of sp³-hybridized carbons (Fsp3) is 0.700. The summed E-state index contributed by atoms with van der Waals surface area (Å²) in [6.07, 6.45) is 10.0. The van der Waals surface area contributed by atoms with E-state index >= 15 is 0 Å². The number of hydrogen-bond acceptors (Lipinski definition) is 4. The Morgan fingerprint density at radius 2 is 2.08 bits per heavy atom. The topological polar surface area (TPSA) is 63.8 Å². The summed E-state index contributed by atoms with van der Waals surface area (Å²) < 4.78 is 0. The SMILES string of the molecule is CCCCc1ncc(CN2C[C@@H]3CC[C@H]2CN(Cc2nc[nH]c2C)C3)[nH]1. The van der Waals surface area contributed by atoms with E-state index in [1.54, 1.807) is 0 Å². The first-order valence-electron chi connectivity index (χ1n) is 10.2. The van der Waals surface area contributed by atoms with E-state index in [1.165, 1.54) is 55.9 Å². The Hall–Kier alpha value is -1.66. The second-order valence-electron chi connectivity index (χ2n) is 8.15. The molecule has 3 saturated heterocycles. The van der Waals surface area contributed by atoms with Gasteiger partial charge in [0.15, 0.2) is 0 Å². The van der Waals surface area contributed by atoms with Crippen molar-refractivity contribution >= 4 is 0 Å². The fourth-order valence-electron chi connectivity index (χ4n) is 4.53. The molecule has 3 aliphatic heterocycles. The van der Waals surface area contributed by atoms with Gasteiger partial charge < -0.3 is 9.97 Å². The number of imidazole rings is 2. The average Bonchev–Trinajstić information content (AvgIpc) is 3.14. The predicted molar refractivity (Wildman–Crippen MR) is 103 cm³/mol. The number of aryl methyl sites for hydroxylation is 2. The molecule has 0 radical (unpaired) electrons. The van der Waals surface area contributed by atoms with Gasteiger partial charge in [-0.3, -0.25) is 9.80 Å². The average molecular weight is 357 g/mol. The number of nitrogens with zero attached hydrogens (tertiary/aromatic N) is 4. The third-order valence-corrected chi connectivity index (χ3v) is 6.03. The van der Waals surface area contributed by atoms with Gasteiger partial charge in [-0.2, -0.15) is 0 Å². The van der Waals surface area contributed by atoms with Gasteiger partial charge in [-0.05, 0) is 32.1 Å². The third kappa shape index (κ3) is 4.01. The standard InChI is InChI=1S/C20H32N6/c1-3-4-5-20-21-8-17(24-20)11-26-10-16-6-7-18(26)12-25(9-16)13-19-15(2)22-14-23-19/h8,14,16,18H,3-7,9-13H2,1-2H3,(H,21,24)(H,22,23)/t16-,18+/m1/s1. The molecule has 2 bridgehead atoms. The lowest BCUT2D eigenvalue weighted by Crippen LogP contribution is -2.43. The quantitative estimate of drug-likeness (QED) is 0.801. The summed E-state index contributed by atoms with van der Waals surface area (Å²) in [5.41, 5.74) is 3.68. The molecule has 0 aliphatic carbocycles. The van der Waals surface area contributed by atoms with E-state index in [4.69, 9.17) is 0 Å². The van der Waals surface area contributed by atoms with Gasteiger partial charge in [-0.15, -0.1) is 0 Å². The Bertz CT molecular complexity index is 705. The predicted octanol–water partition coefficient (Wildman–Crippen LogP) is 2.88. The number of rotatable bonds is 7. The van der Waals surface area contributed by atoms with E-state index in [0.717, 1.165) is 37.8 Å². The summed E-state index contributed by atoms with van der Waals surface area (Å²) in [4.78, 5) is 21.1. The van der Waals surface area contributed by atoms with Crippen LogP contribution in [0.1, 0.15) is 55.5 Å². The number of unbranched alkanes of at least 4 members (excludes halogenated alkanes) is 1. The Morgan fingerprint density at radius 3 is 2.88 bits per heavy atom. The lowest BCUT2D eigenvalue weighted by atomic mass is 9.95. The second-order valence-corrected chi connectivity index (χ2v) is 8.15. The van der Waals surface area contributed by atoms with Crippen molar-refractivity contribution in [3.8, 4) is 0 Å². The van der Waals surface area contributed by atoms with Crippen LogP contribution in [-0.2, 0) is 19.5 Å². The van der Waals surface area contributed by atoms with Crippen LogP contribution in [0.4, 0.5) is 0 Å². The van der Waals surface area contributed by atoms with E-state index in [9.17, 15) is 0 Å². The van der Waals surface area contributed by atoms with Crippen LogP contribution < -0.4 is 0 Å². The van der Waals surface area contributed by atoms with Crippen molar-refractivity contribution in [2.24, 2.45) is 5.92 Å². The van der Waals surface area contributed by atoms with Gasteiger partial charge >= 0.3 is 0 Å². The lowest BCUT2D eigenvalue weighted by molar-refractivity contribution is 0.121. The summed E-state index contributed by atoms with van der Waals surface area (Å²) in [6.45, 7) is 9.90. The van der Waals surface area contributed by atoms with Crippen LogP contribution in [-0.4, -0.2) is 55.4 Å². The maximum Gasteiger partial charge on any atom is 0.106 e. The molecule has 2 atom stereocenters. The number of hydrogen-bond donors (Lipinski definition) is 2. The molecule has 6 heteroatoms. The highest BCUT2D eigenvalue weighted by Crippen LogP contribution is 2.29. The van der Waals surface area contributed by atoms with Crippen LogP contribution in [0.5, 0.6) is 0 Å². The lowest BCUT2D eigenvalue weighted by Gasteiger charge is -2.35. The first kappa shape index (κ1) is 17.7. The number of fused-ring (bicyclic) bond motifs is 4. The largest absolute Gasteiger partial charge is 0.348 e. The van der Waals surface area contributed by atoms with Crippen LogP contribution in [0, 0.1) is 12.8 Å². The maximum absolute atomic E-state index is 4.57. The summed E-state index contributed by atoms with van der Waals surface area (Å²) in [5, 5.41) is 0. The molecule has 6 nitrogen and oxygen atoms in total. The van der Waals surface area contributed by atoms with Crippen molar-refractivity contribution < 1.29 is 0 Å². The smallest absolute Gasteiger partial charge is 0.106 e. The van der Waals surface area contributed by atoms with E-state index in [1.807, 2.05) is 6.33 Å². The molecule has 26 heavy (non-hydrogen) atoms. The summed E-state index contributed by atoms with van der Waals surface area (Å²) in [5.74, 6) is 1.92. The number of nitrogens with one attached hydrogen (secondary N) is 2. The van der Waals surface area contributed by atoms with E-state index in [2.05, 4.69) is 49.8 Å². The zero-order valence-corrected chi connectivity index (χ0v) is 16.2. The Morgan fingerprint density at radius 1 is 1.15 bits per heavy atom. The molecule has 0 amide bonds. The minimum absolute atomic E-state index is 0.649. The Balaban J connectivity index is 1.38. The molecule has 142 valence electrons. The van der Waals surface area contributed by atoms with Crippen molar-refractivity contribution in [2.45, 2.75) is 65.1 Å². The monoisotopic (exact) mass is 356 g/mol. The van der Waals surface area contributed by atoms with Gasteiger partial charge in [-0.1, -0.05) is 13.3 Å². The molecule has 5 heterocycles. The minimum Gasteiger partial charge on any atom is -0.348 e. The van der Waals surface area contributed by atoms with Gasteiger partial charge in [0.05, 0.1) is 12.0 Å². The Labute approximate surface area is 156 Å². The maximum atomic E-state index is 4.57. The van der Waals surface area contributed by atoms with Crippen molar-refractivity contribution in [3.63, 3.8) is 0 Å². The molecular formula is C20H32N6.